The van der Waals surface area contributed by atoms with Gasteiger partial charge in [0, 0.05) is 6.54 Å². The molecule has 2 N–H and O–H groups in total. The van der Waals surface area contributed by atoms with Gasteiger partial charge in [-0.15, -0.1) is 5.10 Å². The van der Waals surface area contributed by atoms with Gasteiger partial charge >= 0.3 is 0 Å². The van der Waals surface area contributed by atoms with E-state index < -0.39 is 12.0 Å². The van der Waals surface area contributed by atoms with Gasteiger partial charge in [0.25, 0.3) is 5.91 Å². The van der Waals surface area contributed by atoms with Gasteiger partial charge in [0.2, 0.25) is 0 Å². The molecule has 0 aliphatic heterocycles. The van der Waals surface area contributed by atoms with E-state index in [0.717, 1.165) is 0 Å². The zero-order chi connectivity index (χ0) is 15.4. The summed E-state index contributed by atoms with van der Waals surface area (Å²) < 4.78 is 14.2. The third-order valence-corrected chi connectivity index (χ3v) is 3.06. The summed E-state index contributed by atoms with van der Waals surface area (Å²) >= 11 is 0. The number of carbonyl (C=O) groups excluding carboxylic acids is 1. The van der Waals surface area contributed by atoms with E-state index in [2.05, 4.69) is 15.6 Å². The Hall–Kier alpha value is -2.28. The second-order valence-electron chi connectivity index (χ2n) is 5.05. The van der Waals surface area contributed by atoms with Crippen LogP contribution in [0.2, 0.25) is 0 Å². The quantitative estimate of drug-likeness (QED) is 0.866. The van der Waals surface area contributed by atoms with E-state index in [1.807, 2.05) is 13.8 Å². The summed E-state index contributed by atoms with van der Waals surface area (Å²) in [5.41, 5.74) is 0.737. The first kappa shape index (κ1) is 15.1. The molecule has 2 rings (SSSR count). The first-order chi connectivity index (χ1) is 9.97. The third kappa shape index (κ3) is 3.85. The number of hydrogen-bond donors (Lipinski definition) is 2. The van der Waals surface area contributed by atoms with Crippen molar-refractivity contribution < 1.29 is 14.3 Å². The van der Waals surface area contributed by atoms with Gasteiger partial charge in [0.1, 0.15) is 5.82 Å². The van der Waals surface area contributed by atoms with E-state index in [4.69, 9.17) is 0 Å². The summed E-state index contributed by atoms with van der Waals surface area (Å²) in [5, 5.41) is 19.8. The van der Waals surface area contributed by atoms with Crippen LogP contribution in [0.1, 0.15) is 24.3 Å². The highest BCUT2D eigenvalue weighted by atomic mass is 19.1. The second-order valence-corrected chi connectivity index (χ2v) is 5.05. The van der Waals surface area contributed by atoms with Crippen molar-refractivity contribution in [3.63, 3.8) is 0 Å². The van der Waals surface area contributed by atoms with Crippen LogP contribution in [0.5, 0.6) is 0 Å². The average Bonchev–Trinajstić information content (AvgIpc) is 2.94. The van der Waals surface area contributed by atoms with Gasteiger partial charge in [0.15, 0.2) is 5.69 Å². The standard InChI is InChI=1S/C14H17FN4O2/c1-9(2)13(20)7-16-14(21)12-8-19(18-17-12)11-5-3-10(15)4-6-11/h3-6,8-9,13,20H,7H2,1-2H3,(H,16,21). The number of amides is 1. The summed E-state index contributed by atoms with van der Waals surface area (Å²) in [6, 6.07) is 5.67. The molecule has 0 fully saturated rings. The minimum absolute atomic E-state index is 0.0557. The highest BCUT2D eigenvalue weighted by Gasteiger charge is 2.14. The monoisotopic (exact) mass is 292 g/mol. The van der Waals surface area contributed by atoms with Crippen molar-refractivity contribution in [3.05, 3.63) is 42.0 Å². The Morgan fingerprint density at radius 2 is 2.05 bits per heavy atom. The van der Waals surface area contributed by atoms with Crippen LogP contribution in [-0.4, -0.2) is 38.7 Å². The molecule has 0 radical (unpaired) electrons. The highest BCUT2D eigenvalue weighted by Crippen LogP contribution is 2.08. The van der Waals surface area contributed by atoms with E-state index >= 15 is 0 Å². The maximum absolute atomic E-state index is 12.8. The Morgan fingerprint density at radius 1 is 1.38 bits per heavy atom. The zero-order valence-corrected chi connectivity index (χ0v) is 11.8. The van der Waals surface area contributed by atoms with Crippen LogP contribution in [-0.2, 0) is 0 Å². The van der Waals surface area contributed by atoms with Gasteiger partial charge in [-0.3, -0.25) is 4.79 Å². The molecular formula is C14H17FN4O2. The van der Waals surface area contributed by atoms with E-state index in [9.17, 15) is 14.3 Å². The van der Waals surface area contributed by atoms with Gasteiger partial charge in [0.05, 0.1) is 18.0 Å². The Kier molecular flexibility index (Phi) is 4.64. The molecule has 2 aromatic rings. The smallest absolute Gasteiger partial charge is 0.273 e. The molecule has 0 spiro atoms. The number of nitrogens with one attached hydrogen (secondary N) is 1. The van der Waals surface area contributed by atoms with Gasteiger partial charge in [-0.05, 0) is 30.2 Å². The van der Waals surface area contributed by atoms with E-state index in [1.54, 1.807) is 0 Å². The Balaban J connectivity index is 2.02. The molecule has 1 heterocycles. The van der Waals surface area contributed by atoms with Crippen molar-refractivity contribution in [2.75, 3.05) is 6.54 Å². The molecule has 0 saturated carbocycles. The minimum atomic E-state index is -0.610. The summed E-state index contributed by atoms with van der Waals surface area (Å²) in [7, 11) is 0. The number of aliphatic hydroxyl groups is 1. The van der Waals surface area contributed by atoms with Crippen LogP contribution in [0.4, 0.5) is 4.39 Å². The van der Waals surface area contributed by atoms with Gasteiger partial charge in [-0.2, -0.15) is 0 Å². The number of benzene rings is 1. The average molecular weight is 292 g/mol. The SMILES string of the molecule is CC(C)C(O)CNC(=O)c1cn(-c2ccc(F)cc2)nn1. The van der Waals surface area contributed by atoms with Crippen LogP contribution in [0.3, 0.4) is 0 Å². The number of carbonyl (C=O) groups is 1. The number of aliphatic hydroxyl groups excluding tert-OH is 1. The molecular weight excluding hydrogens is 275 g/mol. The molecule has 7 heteroatoms. The maximum Gasteiger partial charge on any atom is 0.273 e. The van der Waals surface area contributed by atoms with Crippen molar-refractivity contribution in [1.29, 1.82) is 0 Å². The zero-order valence-electron chi connectivity index (χ0n) is 11.8. The van der Waals surface area contributed by atoms with Crippen LogP contribution in [0, 0.1) is 11.7 Å². The van der Waals surface area contributed by atoms with Crippen molar-refractivity contribution in [2.24, 2.45) is 5.92 Å². The van der Waals surface area contributed by atoms with Crippen LogP contribution in [0.25, 0.3) is 5.69 Å². The summed E-state index contributed by atoms with van der Waals surface area (Å²) in [5.74, 6) is -0.706. The van der Waals surface area contributed by atoms with Crippen LogP contribution in [0.15, 0.2) is 30.5 Å². The summed E-state index contributed by atoms with van der Waals surface area (Å²) in [6.07, 6.45) is 0.839. The fraction of sp³-hybridized carbons (Fsp3) is 0.357. The van der Waals surface area contributed by atoms with Crippen molar-refractivity contribution in [3.8, 4) is 5.69 Å². The van der Waals surface area contributed by atoms with Gasteiger partial charge in [-0.1, -0.05) is 19.1 Å². The third-order valence-electron chi connectivity index (χ3n) is 3.06. The molecule has 21 heavy (non-hydrogen) atoms. The fourth-order valence-electron chi connectivity index (χ4n) is 1.61. The van der Waals surface area contributed by atoms with E-state index in [-0.39, 0.29) is 24.0 Å². The van der Waals surface area contributed by atoms with Crippen molar-refractivity contribution in [2.45, 2.75) is 20.0 Å². The van der Waals surface area contributed by atoms with Gasteiger partial charge < -0.3 is 10.4 Å². The lowest BCUT2D eigenvalue weighted by Crippen LogP contribution is -2.34. The normalized spacial score (nSPS) is 12.4. The lowest BCUT2D eigenvalue weighted by molar-refractivity contribution is 0.0867. The Labute approximate surface area is 121 Å². The molecule has 1 amide bonds. The topological polar surface area (TPSA) is 80.0 Å². The number of hydrogen-bond acceptors (Lipinski definition) is 4. The lowest BCUT2D eigenvalue weighted by atomic mass is 10.1. The second kappa shape index (κ2) is 6.45. The highest BCUT2D eigenvalue weighted by molar-refractivity contribution is 5.91. The maximum atomic E-state index is 12.8. The van der Waals surface area contributed by atoms with Crippen LogP contribution < -0.4 is 5.32 Å². The van der Waals surface area contributed by atoms with Crippen molar-refractivity contribution in [1.82, 2.24) is 20.3 Å². The number of nitrogens with zero attached hydrogens (tertiary/aromatic N) is 3. The molecule has 0 saturated heterocycles. The Bertz CT molecular complexity index is 610. The fourth-order valence-corrected chi connectivity index (χ4v) is 1.61. The molecule has 1 unspecified atom stereocenters. The summed E-state index contributed by atoms with van der Waals surface area (Å²) in [6.45, 7) is 3.88. The predicted octanol–water partition coefficient (Wildman–Crippen LogP) is 1.15. The van der Waals surface area contributed by atoms with Crippen molar-refractivity contribution >= 4 is 5.91 Å². The number of aromatic nitrogens is 3. The van der Waals surface area contributed by atoms with E-state index in [0.29, 0.717) is 5.69 Å². The molecule has 1 aromatic heterocycles. The van der Waals surface area contributed by atoms with Gasteiger partial charge in [-0.25, -0.2) is 9.07 Å². The molecule has 6 nitrogen and oxygen atoms in total. The molecule has 0 aliphatic carbocycles. The number of halogens is 1. The Morgan fingerprint density at radius 3 is 2.67 bits per heavy atom. The molecule has 0 bridgehead atoms. The molecule has 0 aliphatic rings. The van der Waals surface area contributed by atoms with Crippen LogP contribution >= 0.6 is 0 Å². The lowest BCUT2D eigenvalue weighted by Gasteiger charge is -2.14. The molecule has 1 aromatic carbocycles. The first-order valence-electron chi connectivity index (χ1n) is 6.62. The summed E-state index contributed by atoms with van der Waals surface area (Å²) in [4.78, 5) is 11.9. The van der Waals surface area contributed by atoms with E-state index in [1.165, 1.54) is 35.1 Å². The number of rotatable bonds is 5. The minimum Gasteiger partial charge on any atom is -0.391 e. The molecule has 1 atom stereocenters. The first-order valence-corrected chi connectivity index (χ1v) is 6.62. The largest absolute Gasteiger partial charge is 0.391 e. The predicted molar refractivity (Wildman–Crippen MR) is 74.5 cm³/mol. The molecule has 112 valence electrons.